The molecule has 8 aliphatic rings. The Morgan fingerprint density at radius 2 is 0.616 bits per heavy atom. The standard InChI is InChI=1S/C10H18N4O2.C10H18O5.C9H15N7O2.C9H16N4O3.C9H19N3O2.C9H15NO3.C9H15NO2.2C6H15N.C4H7N.CH3ClO2S.2CH4.2N3.2Na/c1-7-5-14(6-8(7)12-13-11)9(15)16-10(2,3)4;1-9(2,3)14-7(11)13-8(12)15-10(4,5)6;1-9(2,3)18-8(17)16-4-6(12-14-10)7(5-16)13-15-11;1-9(2,3)16-8(15)13-4-6(11-12-10)7(14)5-13;1-9(2,3)14-8(13)12-4-6(10)7(11)5-12;1-9(2,3)13-8(11)10-4-6-7(5-10)12-6;1-9(2,3)12-8(11)10-6-4-5-7-10;2*1-4-7(5-2)6-3;1-2-4-5-3-1;1-5(2,3)4;;;2*1-3-2;;/h7-8H,5-6H2,1-4H3;1-6H3;6-7H,4-5H2,1-3H3;6-7,14H,4-5H2,1-3H3;6-7H,4-5,10-11H2,1-3H3;6-7H,4-5H2,1-3H3;4-5H,6-7H2,1-3H3;2*4-6H2,1-3H3;1-2,5H,3-4H2;1H3;2*1H4;;;;/q;;;;;;;;;;;;;2*-1;2*+1. The van der Waals surface area contributed by atoms with Gasteiger partial charge in [-0.3, -0.25) is 9.82 Å². The third-order valence-electron chi connectivity index (χ3n) is 16.8. The molecule has 50 nitrogen and oxygen atoms in total. The van der Waals surface area contributed by atoms with Crippen LogP contribution in [0.15, 0.2) is 44.8 Å². The van der Waals surface area contributed by atoms with Gasteiger partial charge in [0.1, 0.15) is 57.0 Å². The molecule has 0 saturated carbocycles. The van der Waals surface area contributed by atoms with Crippen molar-refractivity contribution in [1.29, 1.82) is 0 Å². The molecule has 0 spiro atoms. The summed E-state index contributed by atoms with van der Waals surface area (Å²) in [7, 11) is 1.31. The van der Waals surface area contributed by atoms with Crippen molar-refractivity contribution in [2.45, 2.75) is 329 Å². The van der Waals surface area contributed by atoms with Crippen molar-refractivity contribution in [3.05, 3.63) is 98.0 Å². The molecule has 8 rings (SSSR count). The van der Waals surface area contributed by atoms with Crippen LogP contribution in [0.2, 0.25) is 0 Å². The minimum Gasteiger partial charge on any atom is -0.444 e. The summed E-state index contributed by atoms with van der Waals surface area (Å²) in [5.74, 6) is 0.184. The van der Waals surface area contributed by atoms with Crippen molar-refractivity contribution in [3.63, 3.8) is 0 Å². The number of hydrogen-bond acceptors (Lipinski definition) is 30. The van der Waals surface area contributed by atoms with Gasteiger partial charge in [0.25, 0.3) is 0 Å². The molecule has 10 unspecified atom stereocenters. The van der Waals surface area contributed by atoms with Crippen LogP contribution in [0, 0.1) is 5.92 Å². The van der Waals surface area contributed by atoms with Crippen LogP contribution in [-0.4, -0.2) is 338 Å². The molecule has 8 aliphatic heterocycles. The van der Waals surface area contributed by atoms with Gasteiger partial charge < -0.3 is 131 Å². The van der Waals surface area contributed by atoms with E-state index < -0.39 is 97.0 Å². The van der Waals surface area contributed by atoms with Crippen LogP contribution in [0.25, 0.3) is 73.7 Å². The van der Waals surface area contributed by atoms with Gasteiger partial charge >= 0.3 is 108 Å². The number of β-amino-alcohol motifs (C(OH)–C–C–N with tert-alkyl or cyclic N) is 1. The number of likely N-dealkylation sites (tertiary alicyclic amines) is 5. The summed E-state index contributed by atoms with van der Waals surface area (Å²) in [6, 6.07) is -2.09. The fourth-order valence-electron chi connectivity index (χ4n) is 10.8. The quantitative estimate of drug-likeness (QED) is 0.0151. The van der Waals surface area contributed by atoms with E-state index >= 15 is 0 Å². The molecule has 0 aliphatic carbocycles. The van der Waals surface area contributed by atoms with Crippen LogP contribution in [0.4, 0.5) is 38.4 Å². The minimum absolute atomic E-state index is 0. The Balaban J connectivity index is -0.000000191. The number of hydrogen-bond donors (Lipinski definition) is 4. The number of morpholine rings is 1. The molecule has 0 aromatic rings. The van der Waals surface area contributed by atoms with Gasteiger partial charge in [0.15, 0.2) is 0 Å². The van der Waals surface area contributed by atoms with E-state index in [2.05, 4.69) is 124 Å². The van der Waals surface area contributed by atoms with Crippen molar-refractivity contribution in [2.24, 2.45) is 37.8 Å². The zero-order valence-corrected chi connectivity index (χ0v) is 92.5. The average Bonchev–Trinajstić information content (AvgIpc) is 1.63. The number of carbonyl (C=O) groups excluding carboxylic acids is 8. The molecule has 0 aromatic carbocycles. The number of fused-ring (bicyclic) bond motifs is 1. The Kier molecular flexibility index (Phi) is 78.7. The molecule has 10 atom stereocenters. The van der Waals surface area contributed by atoms with E-state index in [0.717, 1.165) is 19.3 Å². The molecule has 6 fully saturated rings. The molecule has 0 bridgehead atoms. The maximum atomic E-state index is 11.8. The van der Waals surface area contributed by atoms with E-state index in [9.17, 15) is 51.9 Å². The Morgan fingerprint density at radius 1 is 0.399 bits per heavy atom. The molecule has 0 radical (unpaired) electrons. The number of amides is 6. The van der Waals surface area contributed by atoms with Gasteiger partial charge in [0.2, 0.25) is 9.05 Å². The number of aliphatic hydroxyl groups is 1. The van der Waals surface area contributed by atoms with Gasteiger partial charge in [-0.15, -0.1) is 0 Å². The number of nitrogens with one attached hydrogen (secondary N) is 1. The van der Waals surface area contributed by atoms with Crippen molar-refractivity contribution in [1.82, 2.24) is 44.5 Å². The molecular weight excluding hydrogens is 1860 g/mol. The van der Waals surface area contributed by atoms with Gasteiger partial charge in [-0.05, 0) is 233 Å². The molecule has 6 amide bonds. The predicted octanol–water partition coefficient (Wildman–Crippen LogP) is 12.0. The number of azide groups is 4. The number of nitrogens with two attached hydrogens (primary N) is 2. The normalized spacial score (nSPS) is 19.7. The minimum atomic E-state index is -3.19. The number of rotatable bonds is 10. The van der Waals surface area contributed by atoms with Crippen LogP contribution in [0.3, 0.4) is 0 Å². The van der Waals surface area contributed by atoms with Gasteiger partial charge in [-0.25, -0.2) is 46.8 Å². The van der Waals surface area contributed by atoms with E-state index in [0.29, 0.717) is 52.4 Å². The van der Waals surface area contributed by atoms with Gasteiger partial charge in [-0.1, -0.05) is 108 Å². The maximum Gasteiger partial charge on any atom is 1.00 e. The average molecular weight is 2030 g/mol. The first-order chi connectivity index (χ1) is 61.3. The maximum absolute atomic E-state index is 11.8. The molecule has 6 saturated heterocycles. The summed E-state index contributed by atoms with van der Waals surface area (Å²) in [5, 5.41) is 26.8. The summed E-state index contributed by atoms with van der Waals surface area (Å²) in [6.45, 7) is 72.6. The summed E-state index contributed by atoms with van der Waals surface area (Å²) < 4.78 is 69.0. The number of aliphatic hydroxyl groups excluding tert-OH is 1. The van der Waals surface area contributed by atoms with Crippen molar-refractivity contribution in [3.8, 4) is 0 Å². The third-order valence-corrected chi connectivity index (χ3v) is 16.8. The van der Waals surface area contributed by atoms with E-state index in [4.69, 9.17) is 98.3 Å². The molecule has 8 heterocycles. The van der Waals surface area contributed by atoms with Crippen LogP contribution in [0.5, 0.6) is 0 Å². The Morgan fingerprint density at radius 3 is 0.855 bits per heavy atom. The summed E-state index contributed by atoms with van der Waals surface area (Å²) in [5.41, 5.74) is 67.6. The monoisotopic (exact) mass is 2030 g/mol. The number of halogens is 1. The molecule has 0 aromatic heterocycles. The zero-order chi connectivity index (χ0) is 105. The first-order valence-corrected chi connectivity index (χ1v) is 46.4. The number of carbonyl (C=O) groups is 8. The van der Waals surface area contributed by atoms with Gasteiger partial charge in [-0.2, -0.15) is 0 Å². The second-order valence-corrected chi connectivity index (χ2v) is 41.3. The van der Waals surface area contributed by atoms with Crippen molar-refractivity contribution < 1.29 is 158 Å². The molecule has 138 heavy (non-hydrogen) atoms. The molecule has 54 heteroatoms. The third kappa shape index (κ3) is 82.4. The van der Waals surface area contributed by atoms with Crippen LogP contribution < -0.4 is 75.9 Å². The fraction of sp³-hybridized carbons (Fsp3) is 0.857. The summed E-state index contributed by atoms with van der Waals surface area (Å²) in [4.78, 5) is 119. The first-order valence-electron chi connectivity index (χ1n) is 43.6. The van der Waals surface area contributed by atoms with Gasteiger partial charge in [0, 0.05) is 114 Å². The SMILES string of the molecule is C.C.C1=CCNC1.CC(C)(C)OC(=O)N1CC(N)C(N)C1.CC(C)(C)OC(=O)N1CC(N=[N+]=[N-])C(N=[N+]=[N-])C1.CC(C)(C)OC(=O)N1CC(O)C(N=[N+]=[N-])C1.CC(C)(C)OC(=O)N1CC2OC2C1.CC(C)(C)OC(=O)N1CC=CC1.CC(C)(C)OC(=O)OC(=O)OC(C)(C)C.CC1CN(C(=O)OC(C)(C)C)CC1N=[N+]=[N-].CCN(CC)CC.CCN(CC)CC.CS(=O)(=O)Cl.[N-]=[N+]=[N-].[N-]=[N+]=[N-].[Na+].[Na+]. The van der Waals surface area contributed by atoms with Crippen LogP contribution >= 0.6 is 10.7 Å². The van der Waals surface area contributed by atoms with Gasteiger partial charge in [0.05, 0.1) is 56.2 Å². The second kappa shape index (κ2) is 73.7. The molecule has 6 N–H and O–H groups in total. The first kappa shape index (κ1) is 147. The Labute approximate surface area is 867 Å². The Bertz CT molecular complexity index is 3790. The largest absolute Gasteiger partial charge is 1.00 e. The van der Waals surface area contributed by atoms with Crippen LogP contribution in [0.1, 0.15) is 229 Å². The van der Waals surface area contributed by atoms with Crippen molar-refractivity contribution in [2.75, 3.05) is 137 Å². The topological polar surface area (TPSA) is 689 Å². The Hall–Kier alpha value is -8.34. The number of epoxide rings is 1. The molecule has 786 valence electrons. The van der Waals surface area contributed by atoms with E-state index in [-0.39, 0.29) is 166 Å². The van der Waals surface area contributed by atoms with E-state index in [1.54, 1.807) is 103 Å². The summed E-state index contributed by atoms with van der Waals surface area (Å²) >= 11 is 0. The van der Waals surface area contributed by atoms with E-state index in [1.165, 1.54) is 58.9 Å². The predicted molar refractivity (Wildman–Crippen MR) is 524 cm³/mol. The smallest absolute Gasteiger partial charge is 0.444 e. The van der Waals surface area contributed by atoms with Crippen molar-refractivity contribution >= 4 is 68.6 Å². The summed E-state index contributed by atoms with van der Waals surface area (Å²) in [6.07, 6.45) is 4.62. The zero-order valence-electron chi connectivity index (χ0n) is 86.9. The fourth-order valence-corrected chi connectivity index (χ4v) is 10.8. The van der Waals surface area contributed by atoms with E-state index in [1.807, 2.05) is 102 Å². The number of nitrogens with zero attached hydrogens (tertiary/aromatic N) is 26. The second-order valence-electron chi connectivity index (χ2n) is 38.2. The van der Waals surface area contributed by atoms with Crippen LogP contribution in [-0.2, 0) is 56.4 Å². The number of ether oxygens (including phenoxy) is 10. The molecular formula is C84H164ClN29Na2O21S.